The van der Waals surface area contributed by atoms with E-state index in [0.29, 0.717) is 23.9 Å². The number of unbranched alkanes of at least 4 members (excludes halogenated alkanes) is 24. The van der Waals surface area contributed by atoms with E-state index < -0.39 is 6.10 Å². The van der Waals surface area contributed by atoms with E-state index in [1.165, 1.54) is 148 Å². The van der Waals surface area contributed by atoms with E-state index in [-0.39, 0.29) is 18.5 Å². The van der Waals surface area contributed by atoms with E-state index in [2.05, 4.69) is 59.3 Å². The van der Waals surface area contributed by atoms with E-state index in [1.807, 2.05) is 0 Å². The number of hydrogen-bond donors (Lipinski definition) is 0. The van der Waals surface area contributed by atoms with Crippen LogP contribution in [0, 0.1) is 0 Å². The predicted molar refractivity (Wildman–Crippen MR) is 212 cm³/mol. The second kappa shape index (κ2) is 36.2. The highest BCUT2D eigenvalue weighted by Gasteiger charge is 2.23. The first-order valence-electron chi connectivity index (χ1n) is 21.2. The standard InChI is InChI=1S/C44H84NO4/c1-6-8-10-12-14-16-18-20-22-23-25-27-29-31-33-35-37-39-44(47)49-42(40-45(3,4)5)41-48-43(46)38-36-34-32-30-28-26-24-21-19-17-15-13-11-9-7-2/h20-22,24,42H,6-19,23,25-41H2,1-5H3/q+1/b22-20-,24-21-. The predicted octanol–water partition coefficient (Wildman–Crippen LogP) is 13.0. The van der Waals surface area contributed by atoms with Crippen molar-refractivity contribution in [2.24, 2.45) is 0 Å². The lowest BCUT2D eigenvalue weighted by molar-refractivity contribution is -0.873. The molecule has 1 unspecified atom stereocenters. The Morgan fingerprint density at radius 1 is 0.469 bits per heavy atom. The van der Waals surface area contributed by atoms with Crippen molar-refractivity contribution in [3.05, 3.63) is 24.3 Å². The first-order valence-corrected chi connectivity index (χ1v) is 21.2. The molecule has 49 heavy (non-hydrogen) atoms. The van der Waals surface area contributed by atoms with E-state index in [9.17, 15) is 9.59 Å². The zero-order chi connectivity index (χ0) is 36.1. The molecule has 0 N–H and O–H groups in total. The van der Waals surface area contributed by atoms with Gasteiger partial charge in [0.05, 0.1) is 21.1 Å². The number of carbonyl (C=O) groups excluding carboxylic acids is 2. The summed E-state index contributed by atoms with van der Waals surface area (Å²) in [6.07, 6.45) is 45.0. The molecule has 0 aliphatic rings. The zero-order valence-corrected chi connectivity index (χ0v) is 33.6. The molecular formula is C44H84NO4+. The average Bonchev–Trinajstić information content (AvgIpc) is 3.06. The maximum atomic E-state index is 12.6. The number of allylic oxidation sites excluding steroid dienone is 4. The molecule has 0 aromatic heterocycles. The lowest BCUT2D eigenvalue weighted by Crippen LogP contribution is -2.45. The van der Waals surface area contributed by atoms with Crippen molar-refractivity contribution in [3.8, 4) is 0 Å². The smallest absolute Gasteiger partial charge is 0.306 e. The molecule has 0 aliphatic heterocycles. The number of ether oxygens (including phenoxy) is 2. The Morgan fingerprint density at radius 3 is 1.16 bits per heavy atom. The van der Waals surface area contributed by atoms with E-state index in [4.69, 9.17) is 9.47 Å². The van der Waals surface area contributed by atoms with Crippen molar-refractivity contribution >= 4 is 11.9 Å². The van der Waals surface area contributed by atoms with Gasteiger partial charge in [-0.25, -0.2) is 0 Å². The molecule has 0 aromatic carbocycles. The van der Waals surface area contributed by atoms with Crippen molar-refractivity contribution in [1.82, 2.24) is 0 Å². The quantitative estimate of drug-likeness (QED) is 0.0282. The number of hydrogen-bond acceptors (Lipinski definition) is 4. The van der Waals surface area contributed by atoms with Gasteiger partial charge in [-0.15, -0.1) is 0 Å². The Bertz CT molecular complexity index is 784. The van der Waals surface area contributed by atoms with Gasteiger partial charge in [0.25, 0.3) is 0 Å². The van der Waals surface area contributed by atoms with Crippen molar-refractivity contribution in [2.45, 2.75) is 213 Å². The molecule has 0 rings (SSSR count). The molecular weight excluding hydrogens is 606 g/mol. The Hall–Kier alpha value is -1.62. The molecule has 0 aliphatic carbocycles. The lowest BCUT2D eigenvalue weighted by atomic mass is 10.1. The number of rotatable bonds is 37. The topological polar surface area (TPSA) is 52.6 Å². The molecule has 0 heterocycles. The fourth-order valence-corrected chi connectivity index (χ4v) is 6.27. The summed E-state index contributed by atoms with van der Waals surface area (Å²) in [5.74, 6) is -0.344. The molecule has 5 nitrogen and oxygen atoms in total. The monoisotopic (exact) mass is 691 g/mol. The summed E-state index contributed by atoms with van der Waals surface area (Å²) in [7, 11) is 6.21. The van der Waals surface area contributed by atoms with Gasteiger partial charge in [-0.2, -0.15) is 0 Å². The minimum atomic E-state index is -0.398. The molecule has 5 heteroatoms. The SMILES string of the molecule is CCCCCCCC/C=C\CCCCCCCCCC(=O)OC(COC(=O)CCCCCCC/C=C\CCCCCCCC)C[N+](C)(C)C. The zero-order valence-electron chi connectivity index (χ0n) is 33.6. The van der Waals surface area contributed by atoms with Crippen LogP contribution in [-0.4, -0.2) is 56.8 Å². The van der Waals surface area contributed by atoms with Crippen LogP contribution in [0.1, 0.15) is 206 Å². The Morgan fingerprint density at radius 2 is 0.796 bits per heavy atom. The van der Waals surface area contributed by atoms with Gasteiger partial charge in [0, 0.05) is 12.8 Å². The normalized spacial score (nSPS) is 12.7. The van der Waals surface area contributed by atoms with Gasteiger partial charge in [-0.1, -0.05) is 154 Å². The van der Waals surface area contributed by atoms with Gasteiger partial charge in [0.1, 0.15) is 13.2 Å². The maximum absolute atomic E-state index is 12.6. The van der Waals surface area contributed by atoms with Crippen molar-refractivity contribution in [1.29, 1.82) is 0 Å². The summed E-state index contributed by atoms with van der Waals surface area (Å²) < 4.78 is 12.0. The van der Waals surface area contributed by atoms with Gasteiger partial charge in [0.15, 0.2) is 6.10 Å². The highest BCUT2D eigenvalue weighted by molar-refractivity contribution is 5.70. The molecule has 1 atom stereocenters. The van der Waals surface area contributed by atoms with Crippen LogP contribution in [-0.2, 0) is 19.1 Å². The van der Waals surface area contributed by atoms with E-state index in [1.54, 1.807) is 0 Å². The fourth-order valence-electron chi connectivity index (χ4n) is 6.27. The minimum absolute atomic E-state index is 0.152. The van der Waals surface area contributed by atoms with Crippen LogP contribution in [0.15, 0.2) is 24.3 Å². The van der Waals surface area contributed by atoms with Crippen LogP contribution < -0.4 is 0 Å². The second-order valence-corrected chi connectivity index (χ2v) is 15.6. The molecule has 0 saturated heterocycles. The highest BCUT2D eigenvalue weighted by atomic mass is 16.6. The van der Waals surface area contributed by atoms with E-state index in [0.717, 1.165) is 32.1 Å². The third kappa shape index (κ3) is 39.0. The molecule has 288 valence electrons. The van der Waals surface area contributed by atoms with Gasteiger partial charge >= 0.3 is 11.9 Å². The summed E-state index contributed by atoms with van der Waals surface area (Å²) in [5, 5.41) is 0. The molecule has 0 saturated carbocycles. The van der Waals surface area contributed by atoms with Crippen molar-refractivity contribution < 1.29 is 23.5 Å². The van der Waals surface area contributed by atoms with Crippen LogP contribution >= 0.6 is 0 Å². The van der Waals surface area contributed by atoms with Crippen LogP contribution in [0.25, 0.3) is 0 Å². The summed E-state index contributed by atoms with van der Waals surface area (Å²) >= 11 is 0. The third-order valence-electron chi connectivity index (χ3n) is 9.27. The number of carbonyl (C=O) groups is 2. The van der Waals surface area contributed by atoms with Crippen molar-refractivity contribution in [2.75, 3.05) is 34.3 Å². The van der Waals surface area contributed by atoms with Gasteiger partial charge in [-0.05, 0) is 64.2 Å². The summed E-state index contributed by atoms with van der Waals surface area (Å²) in [6.45, 7) is 5.32. The van der Waals surface area contributed by atoms with Gasteiger partial charge in [-0.3, -0.25) is 9.59 Å². The molecule has 0 aromatic rings. The molecule has 0 radical (unpaired) electrons. The summed E-state index contributed by atoms with van der Waals surface area (Å²) in [6, 6.07) is 0. The lowest BCUT2D eigenvalue weighted by Gasteiger charge is -2.28. The van der Waals surface area contributed by atoms with Crippen molar-refractivity contribution in [3.63, 3.8) is 0 Å². The third-order valence-corrected chi connectivity index (χ3v) is 9.27. The van der Waals surface area contributed by atoms with Crippen LogP contribution in [0.4, 0.5) is 0 Å². The molecule has 0 amide bonds. The number of likely N-dealkylation sites (N-methyl/N-ethyl adjacent to an activating group) is 1. The highest BCUT2D eigenvalue weighted by Crippen LogP contribution is 2.14. The van der Waals surface area contributed by atoms with Gasteiger partial charge < -0.3 is 14.0 Å². The van der Waals surface area contributed by atoms with E-state index >= 15 is 0 Å². The Labute approximate surface area is 306 Å². The molecule has 0 spiro atoms. The molecule has 0 fully saturated rings. The average molecular weight is 691 g/mol. The summed E-state index contributed by atoms with van der Waals surface area (Å²) in [5.41, 5.74) is 0. The number of esters is 2. The maximum Gasteiger partial charge on any atom is 0.306 e. The fraction of sp³-hybridized carbons (Fsp3) is 0.864. The first-order chi connectivity index (χ1) is 23.8. The first kappa shape index (κ1) is 47.4. The molecule has 0 bridgehead atoms. The Kier molecular flexibility index (Phi) is 35.0. The van der Waals surface area contributed by atoms with Crippen LogP contribution in [0.3, 0.4) is 0 Å². The largest absolute Gasteiger partial charge is 0.461 e. The van der Waals surface area contributed by atoms with Crippen LogP contribution in [0.5, 0.6) is 0 Å². The summed E-state index contributed by atoms with van der Waals surface area (Å²) in [4.78, 5) is 25.0. The number of quaternary nitrogens is 1. The van der Waals surface area contributed by atoms with Gasteiger partial charge in [0.2, 0.25) is 0 Å². The number of nitrogens with zero attached hydrogens (tertiary/aromatic N) is 1. The Balaban J connectivity index is 3.86. The van der Waals surface area contributed by atoms with Crippen LogP contribution in [0.2, 0.25) is 0 Å². The second-order valence-electron chi connectivity index (χ2n) is 15.6. The minimum Gasteiger partial charge on any atom is -0.461 e.